The molecule has 4 rings (SSSR count). The van der Waals surface area contributed by atoms with E-state index in [9.17, 15) is 9.90 Å². The summed E-state index contributed by atoms with van der Waals surface area (Å²) in [6.45, 7) is -0.0426. The maximum Gasteiger partial charge on any atom is 0.310 e. The van der Waals surface area contributed by atoms with Crippen LogP contribution in [0.15, 0.2) is 30.3 Å². The molecule has 2 aliphatic heterocycles. The van der Waals surface area contributed by atoms with Gasteiger partial charge in [0, 0.05) is 5.92 Å². The standard InChI is InChI=1S/C23H26O8/c1-26-19-9-14(10-20(27-2)22(19)28-3)7-15-16(23(25)31-21(15)11-24)6-13-4-5-17-18(8-13)30-12-29-17/h4-5,8-10,15-16,21,24H,6-7,11-12H2,1-3H3/t15-,16-,21+/m0/s1. The minimum absolute atomic E-state index is 0.195. The Kier molecular flexibility index (Phi) is 6.08. The zero-order valence-corrected chi connectivity index (χ0v) is 17.8. The summed E-state index contributed by atoms with van der Waals surface area (Å²) in [4.78, 5) is 12.7. The first kappa shape index (κ1) is 21.1. The van der Waals surface area contributed by atoms with Crippen LogP contribution >= 0.6 is 0 Å². The molecule has 2 aromatic carbocycles. The second-order valence-electron chi connectivity index (χ2n) is 7.56. The largest absolute Gasteiger partial charge is 0.493 e. The van der Waals surface area contributed by atoms with E-state index in [4.69, 9.17) is 28.4 Å². The highest BCUT2D eigenvalue weighted by atomic mass is 16.7. The number of benzene rings is 2. The fourth-order valence-corrected chi connectivity index (χ4v) is 4.29. The molecule has 0 bridgehead atoms. The van der Waals surface area contributed by atoms with E-state index in [0.29, 0.717) is 41.6 Å². The monoisotopic (exact) mass is 430 g/mol. The van der Waals surface area contributed by atoms with Crippen molar-refractivity contribution in [3.63, 3.8) is 0 Å². The summed E-state index contributed by atoms with van der Waals surface area (Å²) >= 11 is 0. The molecular weight excluding hydrogens is 404 g/mol. The van der Waals surface area contributed by atoms with E-state index in [1.165, 1.54) is 0 Å². The number of carbonyl (C=O) groups excluding carboxylic acids is 1. The third-order valence-corrected chi connectivity index (χ3v) is 5.83. The lowest BCUT2D eigenvalue weighted by molar-refractivity contribution is -0.145. The SMILES string of the molecule is COc1cc(C[C@H]2[C@H](Cc3ccc4c(c3)OCO4)C(=O)O[C@@H]2CO)cc(OC)c1OC. The maximum atomic E-state index is 12.7. The molecule has 1 N–H and O–H groups in total. The molecule has 31 heavy (non-hydrogen) atoms. The van der Waals surface area contributed by atoms with Gasteiger partial charge in [0.2, 0.25) is 12.5 Å². The number of methoxy groups -OCH3 is 3. The number of aliphatic hydroxyl groups excluding tert-OH is 1. The van der Waals surface area contributed by atoms with E-state index in [0.717, 1.165) is 11.1 Å². The number of carbonyl (C=O) groups is 1. The van der Waals surface area contributed by atoms with Crippen LogP contribution in [0.4, 0.5) is 0 Å². The van der Waals surface area contributed by atoms with Gasteiger partial charge in [-0.2, -0.15) is 0 Å². The van der Waals surface area contributed by atoms with Gasteiger partial charge in [0.15, 0.2) is 23.0 Å². The summed E-state index contributed by atoms with van der Waals surface area (Å²) in [6.07, 6.45) is 0.398. The van der Waals surface area contributed by atoms with Crippen LogP contribution in [0.5, 0.6) is 28.7 Å². The molecule has 166 valence electrons. The van der Waals surface area contributed by atoms with Crippen molar-refractivity contribution in [2.45, 2.75) is 18.9 Å². The molecule has 2 heterocycles. The van der Waals surface area contributed by atoms with Crippen LogP contribution in [-0.2, 0) is 22.4 Å². The van der Waals surface area contributed by atoms with Gasteiger partial charge in [-0.25, -0.2) is 0 Å². The Hall–Kier alpha value is -3.13. The Morgan fingerprint density at radius 1 is 0.935 bits per heavy atom. The predicted octanol–water partition coefficient (Wildman–Crippen LogP) is 2.38. The highest BCUT2D eigenvalue weighted by Gasteiger charge is 2.44. The molecular formula is C23H26O8. The smallest absolute Gasteiger partial charge is 0.310 e. The van der Waals surface area contributed by atoms with Crippen LogP contribution in [0.1, 0.15) is 11.1 Å². The fraction of sp³-hybridized carbons (Fsp3) is 0.435. The normalized spacial score (nSPS) is 21.7. The van der Waals surface area contributed by atoms with Crippen LogP contribution in [0.3, 0.4) is 0 Å². The molecule has 0 aromatic heterocycles. The molecule has 0 amide bonds. The first-order valence-corrected chi connectivity index (χ1v) is 10.1. The highest BCUT2D eigenvalue weighted by Crippen LogP contribution is 2.41. The van der Waals surface area contributed by atoms with Crippen LogP contribution < -0.4 is 23.7 Å². The van der Waals surface area contributed by atoms with E-state index < -0.39 is 12.0 Å². The van der Waals surface area contributed by atoms with Crippen molar-refractivity contribution in [2.24, 2.45) is 11.8 Å². The van der Waals surface area contributed by atoms with E-state index in [-0.39, 0.29) is 25.3 Å². The second-order valence-corrected chi connectivity index (χ2v) is 7.56. The zero-order chi connectivity index (χ0) is 22.0. The average molecular weight is 430 g/mol. The van der Waals surface area contributed by atoms with Crippen LogP contribution in [0.25, 0.3) is 0 Å². The van der Waals surface area contributed by atoms with Crippen molar-refractivity contribution in [3.05, 3.63) is 41.5 Å². The Bertz CT molecular complexity index is 932. The Morgan fingerprint density at radius 3 is 2.29 bits per heavy atom. The van der Waals surface area contributed by atoms with Gasteiger partial charge in [-0.05, 0) is 48.2 Å². The van der Waals surface area contributed by atoms with Gasteiger partial charge in [-0.15, -0.1) is 0 Å². The average Bonchev–Trinajstić information content (AvgIpc) is 3.37. The number of cyclic esters (lactones) is 1. The number of fused-ring (bicyclic) bond motifs is 1. The Balaban J connectivity index is 1.61. The third kappa shape index (κ3) is 4.07. The lowest BCUT2D eigenvalue weighted by atomic mass is 9.81. The highest BCUT2D eigenvalue weighted by molar-refractivity contribution is 5.76. The van der Waals surface area contributed by atoms with Gasteiger partial charge in [-0.3, -0.25) is 4.79 Å². The lowest BCUT2D eigenvalue weighted by Gasteiger charge is -2.21. The van der Waals surface area contributed by atoms with Crippen molar-refractivity contribution in [3.8, 4) is 28.7 Å². The van der Waals surface area contributed by atoms with Gasteiger partial charge >= 0.3 is 5.97 Å². The van der Waals surface area contributed by atoms with E-state index >= 15 is 0 Å². The van der Waals surface area contributed by atoms with Gasteiger partial charge in [0.05, 0.1) is 33.9 Å². The van der Waals surface area contributed by atoms with Crippen LogP contribution in [0, 0.1) is 11.8 Å². The molecule has 2 aliphatic rings. The number of ether oxygens (including phenoxy) is 6. The van der Waals surface area contributed by atoms with Gasteiger partial charge < -0.3 is 33.5 Å². The third-order valence-electron chi connectivity index (χ3n) is 5.83. The van der Waals surface area contributed by atoms with Crippen LogP contribution in [0.2, 0.25) is 0 Å². The summed E-state index contributed by atoms with van der Waals surface area (Å²) in [7, 11) is 4.66. The quantitative estimate of drug-likeness (QED) is 0.638. The molecule has 3 atom stereocenters. The minimum Gasteiger partial charge on any atom is -0.493 e. The molecule has 0 saturated carbocycles. The van der Waals surface area contributed by atoms with Crippen molar-refractivity contribution in [2.75, 3.05) is 34.7 Å². The topological polar surface area (TPSA) is 92.7 Å². The van der Waals surface area contributed by atoms with E-state index in [1.807, 2.05) is 30.3 Å². The summed E-state index contributed by atoms with van der Waals surface area (Å²) < 4.78 is 32.6. The number of rotatable bonds is 8. The molecule has 1 saturated heterocycles. The van der Waals surface area contributed by atoms with Gasteiger partial charge in [0.25, 0.3) is 0 Å². The first-order chi connectivity index (χ1) is 15.1. The van der Waals surface area contributed by atoms with E-state index in [1.54, 1.807) is 21.3 Å². The number of esters is 1. The number of hydrogen-bond donors (Lipinski definition) is 1. The van der Waals surface area contributed by atoms with Crippen molar-refractivity contribution >= 4 is 5.97 Å². The summed E-state index contributed by atoms with van der Waals surface area (Å²) in [5, 5.41) is 9.84. The number of hydrogen-bond acceptors (Lipinski definition) is 8. The maximum absolute atomic E-state index is 12.7. The molecule has 2 aromatic rings. The van der Waals surface area contributed by atoms with Gasteiger partial charge in [-0.1, -0.05) is 6.07 Å². The molecule has 0 spiro atoms. The summed E-state index contributed by atoms with van der Waals surface area (Å²) in [5.41, 5.74) is 1.84. The molecule has 8 nitrogen and oxygen atoms in total. The fourth-order valence-electron chi connectivity index (χ4n) is 4.29. The number of aliphatic hydroxyl groups is 1. The molecule has 1 fully saturated rings. The Labute approximate surface area is 180 Å². The predicted molar refractivity (Wildman–Crippen MR) is 110 cm³/mol. The second kappa shape index (κ2) is 8.93. The molecule has 0 unspecified atom stereocenters. The zero-order valence-electron chi connectivity index (χ0n) is 17.8. The Morgan fingerprint density at radius 2 is 1.65 bits per heavy atom. The summed E-state index contributed by atoms with van der Waals surface area (Å²) in [5.74, 6) is 2.01. The first-order valence-electron chi connectivity index (χ1n) is 10.1. The lowest BCUT2D eigenvalue weighted by Crippen LogP contribution is -2.27. The van der Waals surface area contributed by atoms with Crippen molar-refractivity contribution < 1.29 is 38.3 Å². The molecule has 0 aliphatic carbocycles. The summed E-state index contributed by atoms with van der Waals surface area (Å²) in [6, 6.07) is 9.37. The van der Waals surface area contributed by atoms with E-state index in [2.05, 4.69) is 0 Å². The molecule has 0 radical (unpaired) electrons. The van der Waals surface area contributed by atoms with Gasteiger partial charge in [0.1, 0.15) is 6.10 Å². The van der Waals surface area contributed by atoms with Crippen LogP contribution in [-0.4, -0.2) is 51.9 Å². The van der Waals surface area contributed by atoms with Crippen molar-refractivity contribution in [1.82, 2.24) is 0 Å². The van der Waals surface area contributed by atoms with Crippen molar-refractivity contribution in [1.29, 1.82) is 0 Å². The molecule has 8 heteroatoms. The minimum atomic E-state index is -0.578.